The minimum Gasteiger partial charge on any atom is -0.370 e. The van der Waals surface area contributed by atoms with Crippen molar-refractivity contribution in [3.05, 3.63) is 36.3 Å². The Hall–Kier alpha value is -0.778. The van der Waals surface area contributed by atoms with Crippen LogP contribution in [0.25, 0.3) is 10.9 Å². The molecule has 2 aromatic rings. The number of hydrogen-bond donors (Lipinski definition) is 0. The molecule has 0 aliphatic rings. The Bertz CT molecular complexity index is 421. The van der Waals surface area contributed by atoms with Gasteiger partial charge in [0.25, 0.3) is 0 Å². The van der Waals surface area contributed by atoms with Crippen LogP contribution >= 0.6 is 0 Å². The molecular formula is C11H11N2Re-. The van der Waals surface area contributed by atoms with Gasteiger partial charge >= 0.3 is 0 Å². The van der Waals surface area contributed by atoms with E-state index < -0.39 is 0 Å². The fraction of sp³-hybridized carbons (Fsp3) is 0.273. The number of rotatable bonds is 1. The van der Waals surface area contributed by atoms with Crippen LogP contribution in [-0.4, -0.2) is 9.97 Å². The molecule has 0 aliphatic carbocycles. The molecule has 0 amide bonds. The van der Waals surface area contributed by atoms with Crippen LogP contribution in [0.5, 0.6) is 0 Å². The molecule has 0 saturated carbocycles. The van der Waals surface area contributed by atoms with Gasteiger partial charge in [0.05, 0.1) is 0 Å². The number of nitrogens with zero attached hydrogens (tertiary/aromatic N) is 2. The standard InChI is InChI=1S/C11H11N2.Re/c1-8(2)11-9-5-3-4-6-10(9)12-7-13-11;/h3-6,8H,1-2H3;/q-1;. The van der Waals surface area contributed by atoms with Crippen molar-refractivity contribution in [1.82, 2.24) is 9.97 Å². The summed E-state index contributed by atoms with van der Waals surface area (Å²) in [4.78, 5) is 8.26. The number of para-hydroxylation sites is 1. The summed E-state index contributed by atoms with van der Waals surface area (Å²) in [6.07, 6.45) is 2.69. The van der Waals surface area contributed by atoms with Crippen LogP contribution in [0.2, 0.25) is 0 Å². The summed E-state index contributed by atoms with van der Waals surface area (Å²) in [5.74, 6) is 0.421. The Morgan fingerprint density at radius 3 is 2.57 bits per heavy atom. The zero-order chi connectivity index (χ0) is 9.26. The zero-order valence-corrected chi connectivity index (χ0v) is 10.9. The molecule has 0 fully saturated rings. The topological polar surface area (TPSA) is 25.8 Å². The smallest absolute Gasteiger partial charge is 0.0222 e. The first-order chi connectivity index (χ1) is 6.29. The van der Waals surface area contributed by atoms with Gasteiger partial charge in [-0.15, -0.1) is 0 Å². The largest absolute Gasteiger partial charge is 0.370 e. The van der Waals surface area contributed by atoms with Gasteiger partial charge in [-0.25, -0.2) is 0 Å². The molecule has 2 rings (SSSR count). The van der Waals surface area contributed by atoms with E-state index >= 15 is 0 Å². The fourth-order valence-corrected chi connectivity index (χ4v) is 1.42. The predicted octanol–water partition coefficient (Wildman–Crippen LogP) is 2.55. The summed E-state index contributed by atoms with van der Waals surface area (Å²) >= 11 is 0. The molecule has 0 aliphatic heterocycles. The molecule has 1 radical (unpaired) electrons. The Balaban J connectivity index is 0.000000980. The van der Waals surface area contributed by atoms with E-state index in [0.29, 0.717) is 5.92 Å². The van der Waals surface area contributed by atoms with Crippen LogP contribution in [0, 0.1) is 6.33 Å². The summed E-state index contributed by atoms with van der Waals surface area (Å²) in [5.41, 5.74) is 2.05. The second-order valence-corrected chi connectivity index (χ2v) is 3.38. The maximum absolute atomic E-state index is 4.17. The third-order valence-electron chi connectivity index (χ3n) is 2.07. The van der Waals surface area contributed by atoms with E-state index in [1.807, 2.05) is 18.2 Å². The van der Waals surface area contributed by atoms with Crippen LogP contribution in [0.15, 0.2) is 24.3 Å². The second-order valence-electron chi connectivity index (χ2n) is 3.38. The van der Waals surface area contributed by atoms with Crippen molar-refractivity contribution in [2.75, 3.05) is 0 Å². The Kier molecular flexibility index (Phi) is 3.74. The number of aromatic nitrogens is 2. The van der Waals surface area contributed by atoms with Gasteiger partial charge in [0.15, 0.2) is 0 Å². The zero-order valence-electron chi connectivity index (χ0n) is 8.16. The summed E-state index contributed by atoms with van der Waals surface area (Å²) in [5, 5.41) is 1.14. The number of hydrogen-bond acceptors (Lipinski definition) is 2. The molecule has 1 heterocycles. The van der Waals surface area contributed by atoms with Crippen LogP contribution in [0.1, 0.15) is 25.5 Å². The van der Waals surface area contributed by atoms with E-state index in [9.17, 15) is 0 Å². The third-order valence-corrected chi connectivity index (χ3v) is 2.07. The van der Waals surface area contributed by atoms with Gasteiger partial charge in [0.1, 0.15) is 0 Å². The van der Waals surface area contributed by atoms with E-state index in [1.165, 1.54) is 0 Å². The summed E-state index contributed by atoms with van der Waals surface area (Å²) in [7, 11) is 0. The van der Waals surface area contributed by atoms with Gasteiger partial charge in [0.2, 0.25) is 0 Å². The van der Waals surface area contributed by atoms with Crippen molar-refractivity contribution in [3.8, 4) is 0 Å². The molecule has 14 heavy (non-hydrogen) atoms. The second kappa shape index (κ2) is 4.64. The van der Waals surface area contributed by atoms with E-state index in [4.69, 9.17) is 0 Å². The van der Waals surface area contributed by atoms with Crippen LogP contribution in [0.3, 0.4) is 0 Å². The van der Waals surface area contributed by atoms with Crippen molar-refractivity contribution >= 4 is 10.9 Å². The molecule has 0 saturated heterocycles. The van der Waals surface area contributed by atoms with Crippen molar-refractivity contribution in [3.63, 3.8) is 0 Å². The molecule has 0 atom stereocenters. The van der Waals surface area contributed by atoms with Gasteiger partial charge in [-0.1, -0.05) is 55.1 Å². The van der Waals surface area contributed by atoms with Crippen LogP contribution < -0.4 is 0 Å². The van der Waals surface area contributed by atoms with Gasteiger partial charge < -0.3 is 9.97 Å². The van der Waals surface area contributed by atoms with E-state index in [1.54, 1.807) is 0 Å². The normalized spacial score (nSPS) is 10.2. The Morgan fingerprint density at radius 2 is 1.86 bits per heavy atom. The van der Waals surface area contributed by atoms with Gasteiger partial charge in [-0.2, -0.15) is 0 Å². The molecule has 2 nitrogen and oxygen atoms in total. The quantitative estimate of drug-likeness (QED) is 0.733. The average molecular weight is 357 g/mol. The number of fused-ring (bicyclic) bond motifs is 1. The van der Waals surface area contributed by atoms with Crippen molar-refractivity contribution in [2.24, 2.45) is 0 Å². The Morgan fingerprint density at radius 1 is 1.14 bits per heavy atom. The maximum atomic E-state index is 4.17. The third kappa shape index (κ3) is 2.00. The predicted molar refractivity (Wildman–Crippen MR) is 52.5 cm³/mol. The van der Waals surface area contributed by atoms with Gasteiger partial charge in [-0.3, -0.25) is 0 Å². The molecule has 73 valence electrons. The van der Waals surface area contributed by atoms with E-state index in [-0.39, 0.29) is 20.4 Å². The summed E-state index contributed by atoms with van der Waals surface area (Å²) in [6.45, 7) is 4.26. The minimum absolute atomic E-state index is 0. The molecule has 0 bridgehead atoms. The van der Waals surface area contributed by atoms with Gasteiger partial charge in [0, 0.05) is 26.8 Å². The van der Waals surface area contributed by atoms with Crippen molar-refractivity contribution in [2.45, 2.75) is 19.8 Å². The van der Waals surface area contributed by atoms with Crippen molar-refractivity contribution < 1.29 is 20.4 Å². The van der Waals surface area contributed by atoms with Gasteiger partial charge in [-0.05, 0) is 5.52 Å². The maximum Gasteiger partial charge on any atom is 0.0222 e. The molecule has 0 unspecified atom stereocenters. The van der Waals surface area contributed by atoms with E-state index in [2.05, 4.69) is 36.2 Å². The first-order valence-corrected chi connectivity index (χ1v) is 4.42. The van der Waals surface area contributed by atoms with Crippen molar-refractivity contribution in [1.29, 1.82) is 0 Å². The summed E-state index contributed by atoms with van der Waals surface area (Å²) < 4.78 is 0. The van der Waals surface area contributed by atoms with Crippen LogP contribution in [0.4, 0.5) is 0 Å². The molecule has 1 aromatic heterocycles. The molecule has 1 aromatic carbocycles. The first kappa shape index (κ1) is 11.3. The SMILES string of the molecule is CC(C)c1n[c-]nc2ccccc12.[Re]. The minimum atomic E-state index is 0. The fourth-order valence-electron chi connectivity index (χ4n) is 1.42. The molecule has 0 spiro atoms. The first-order valence-electron chi connectivity index (χ1n) is 4.42. The summed E-state index contributed by atoms with van der Waals surface area (Å²) in [6, 6.07) is 8.03. The average Bonchev–Trinajstić information content (AvgIpc) is 2.17. The Labute approximate surface area is 97.4 Å². The van der Waals surface area contributed by atoms with E-state index in [0.717, 1.165) is 16.6 Å². The molecule has 3 heteroatoms. The monoisotopic (exact) mass is 358 g/mol. The van der Waals surface area contributed by atoms with Crippen LogP contribution in [-0.2, 0) is 20.4 Å². The number of benzene rings is 1. The molecule has 0 N–H and O–H groups in total. The molecular weight excluding hydrogens is 346 g/mol.